The number of carbonyl (C=O) groups excluding carboxylic acids is 2. The molecule has 1 N–H and O–H groups in total. The summed E-state index contributed by atoms with van der Waals surface area (Å²) >= 11 is 0. The SMILES string of the molecule is CCOc1ccccc1N1CCN(C(=O)C2CC(=O)Nc3ccccc32)CC1. The molecule has 2 heterocycles. The lowest BCUT2D eigenvalue weighted by Gasteiger charge is -2.38. The van der Waals surface area contributed by atoms with Crippen LogP contribution in [0.5, 0.6) is 5.75 Å². The molecule has 1 atom stereocenters. The van der Waals surface area contributed by atoms with Gasteiger partial charge in [-0.1, -0.05) is 30.3 Å². The van der Waals surface area contributed by atoms with Gasteiger partial charge in [0.05, 0.1) is 18.2 Å². The smallest absolute Gasteiger partial charge is 0.230 e. The number of ether oxygens (including phenoxy) is 1. The zero-order valence-electron chi connectivity index (χ0n) is 16.1. The van der Waals surface area contributed by atoms with Gasteiger partial charge in [-0.15, -0.1) is 0 Å². The van der Waals surface area contributed by atoms with Crippen molar-refractivity contribution in [1.29, 1.82) is 0 Å². The van der Waals surface area contributed by atoms with E-state index >= 15 is 0 Å². The zero-order valence-corrected chi connectivity index (χ0v) is 16.1. The molecule has 2 aliphatic rings. The minimum atomic E-state index is -0.396. The van der Waals surface area contributed by atoms with Crippen LogP contribution in [0.3, 0.4) is 0 Å². The van der Waals surface area contributed by atoms with Gasteiger partial charge in [0.2, 0.25) is 11.8 Å². The molecule has 28 heavy (non-hydrogen) atoms. The summed E-state index contributed by atoms with van der Waals surface area (Å²) in [5, 5.41) is 2.86. The Labute approximate surface area is 165 Å². The van der Waals surface area contributed by atoms with Gasteiger partial charge >= 0.3 is 0 Å². The topological polar surface area (TPSA) is 61.9 Å². The number of para-hydroxylation sites is 3. The number of piperazine rings is 1. The molecule has 0 spiro atoms. The third kappa shape index (κ3) is 3.54. The van der Waals surface area contributed by atoms with Gasteiger partial charge in [0.15, 0.2) is 0 Å². The van der Waals surface area contributed by atoms with Crippen LogP contribution in [-0.4, -0.2) is 49.5 Å². The van der Waals surface area contributed by atoms with Gasteiger partial charge in [-0.3, -0.25) is 9.59 Å². The molecule has 1 unspecified atom stereocenters. The van der Waals surface area contributed by atoms with Gasteiger partial charge in [0.1, 0.15) is 5.75 Å². The number of rotatable bonds is 4. The summed E-state index contributed by atoms with van der Waals surface area (Å²) in [6.07, 6.45) is 0.212. The van der Waals surface area contributed by atoms with Crippen LogP contribution in [0.2, 0.25) is 0 Å². The molecule has 2 aromatic carbocycles. The van der Waals surface area contributed by atoms with Crippen molar-refractivity contribution >= 4 is 23.2 Å². The third-order valence-corrected chi connectivity index (χ3v) is 5.40. The van der Waals surface area contributed by atoms with Crippen LogP contribution in [0.25, 0.3) is 0 Å². The molecule has 1 saturated heterocycles. The summed E-state index contributed by atoms with van der Waals surface area (Å²) in [5.74, 6) is 0.427. The second-order valence-corrected chi connectivity index (χ2v) is 7.11. The molecule has 2 amide bonds. The first kappa shape index (κ1) is 18.3. The van der Waals surface area contributed by atoms with E-state index in [1.165, 1.54) is 0 Å². The van der Waals surface area contributed by atoms with E-state index < -0.39 is 5.92 Å². The fraction of sp³-hybridized carbons (Fsp3) is 0.364. The van der Waals surface area contributed by atoms with Crippen molar-refractivity contribution < 1.29 is 14.3 Å². The lowest BCUT2D eigenvalue weighted by Crippen LogP contribution is -2.50. The normalized spacial score (nSPS) is 19.0. The van der Waals surface area contributed by atoms with Crippen molar-refractivity contribution in [1.82, 2.24) is 4.90 Å². The first-order valence-electron chi connectivity index (χ1n) is 9.81. The predicted molar refractivity (Wildman–Crippen MR) is 109 cm³/mol. The number of hydrogen-bond donors (Lipinski definition) is 1. The Morgan fingerprint density at radius 2 is 1.79 bits per heavy atom. The second-order valence-electron chi connectivity index (χ2n) is 7.11. The van der Waals surface area contributed by atoms with E-state index in [9.17, 15) is 9.59 Å². The highest BCUT2D eigenvalue weighted by Crippen LogP contribution is 2.34. The Morgan fingerprint density at radius 3 is 2.57 bits per heavy atom. The molecule has 1 fully saturated rings. The monoisotopic (exact) mass is 379 g/mol. The number of anilines is 2. The quantitative estimate of drug-likeness (QED) is 0.887. The molecule has 2 aromatic rings. The molecule has 6 nitrogen and oxygen atoms in total. The minimum absolute atomic E-state index is 0.0417. The van der Waals surface area contributed by atoms with E-state index in [0.29, 0.717) is 19.7 Å². The molecular weight excluding hydrogens is 354 g/mol. The highest BCUT2D eigenvalue weighted by atomic mass is 16.5. The van der Waals surface area contributed by atoms with E-state index in [4.69, 9.17) is 4.74 Å². The van der Waals surface area contributed by atoms with Gasteiger partial charge in [0, 0.05) is 38.3 Å². The average Bonchev–Trinajstić information content (AvgIpc) is 2.73. The molecule has 0 aromatic heterocycles. The molecule has 6 heteroatoms. The van der Waals surface area contributed by atoms with Gasteiger partial charge in [-0.25, -0.2) is 0 Å². The highest BCUT2D eigenvalue weighted by Gasteiger charge is 2.34. The second kappa shape index (κ2) is 7.92. The maximum absolute atomic E-state index is 13.2. The molecule has 4 rings (SSSR count). The van der Waals surface area contributed by atoms with Crippen molar-refractivity contribution in [2.45, 2.75) is 19.3 Å². The molecular formula is C22H25N3O3. The average molecular weight is 379 g/mol. The van der Waals surface area contributed by atoms with Crippen LogP contribution >= 0.6 is 0 Å². The fourth-order valence-corrected chi connectivity index (χ4v) is 4.02. The lowest BCUT2D eigenvalue weighted by molar-refractivity contribution is -0.135. The van der Waals surface area contributed by atoms with Gasteiger partial charge < -0.3 is 19.9 Å². The van der Waals surface area contributed by atoms with Crippen LogP contribution in [0, 0.1) is 0 Å². The molecule has 146 valence electrons. The number of hydrogen-bond acceptors (Lipinski definition) is 4. The van der Waals surface area contributed by atoms with Gasteiger partial charge in [-0.2, -0.15) is 0 Å². The van der Waals surface area contributed by atoms with E-state index in [1.54, 1.807) is 0 Å². The molecule has 2 aliphatic heterocycles. The number of amides is 2. The third-order valence-electron chi connectivity index (χ3n) is 5.40. The first-order valence-corrected chi connectivity index (χ1v) is 9.81. The Bertz CT molecular complexity index is 875. The Hall–Kier alpha value is -3.02. The molecule has 0 bridgehead atoms. The molecule has 0 aliphatic carbocycles. The van der Waals surface area contributed by atoms with Crippen LogP contribution < -0.4 is 15.0 Å². The molecule has 0 radical (unpaired) electrons. The maximum Gasteiger partial charge on any atom is 0.230 e. The Balaban J connectivity index is 1.46. The van der Waals surface area contributed by atoms with Crippen LogP contribution in [0.1, 0.15) is 24.8 Å². The zero-order chi connectivity index (χ0) is 19.5. The van der Waals surface area contributed by atoms with Crippen LogP contribution in [0.15, 0.2) is 48.5 Å². The summed E-state index contributed by atoms with van der Waals surface area (Å²) in [7, 11) is 0. The van der Waals surface area contributed by atoms with Gasteiger partial charge in [0.25, 0.3) is 0 Å². The summed E-state index contributed by atoms with van der Waals surface area (Å²) in [5.41, 5.74) is 2.73. The summed E-state index contributed by atoms with van der Waals surface area (Å²) in [6.45, 7) is 5.37. The molecule has 0 saturated carbocycles. The van der Waals surface area contributed by atoms with E-state index in [0.717, 1.165) is 35.8 Å². The number of nitrogens with zero attached hydrogens (tertiary/aromatic N) is 2. The Morgan fingerprint density at radius 1 is 1.07 bits per heavy atom. The van der Waals surface area contributed by atoms with Crippen molar-refractivity contribution in [2.24, 2.45) is 0 Å². The van der Waals surface area contributed by atoms with Crippen LogP contribution in [0.4, 0.5) is 11.4 Å². The first-order chi connectivity index (χ1) is 13.7. The number of fused-ring (bicyclic) bond motifs is 1. The highest BCUT2D eigenvalue weighted by molar-refractivity contribution is 6.01. The summed E-state index contributed by atoms with van der Waals surface area (Å²) in [4.78, 5) is 29.4. The maximum atomic E-state index is 13.2. The number of benzene rings is 2. The minimum Gasteiger partial charge on any atom is -0.492 e. The number of carbonyl (C=O) groups is 2. The van der Waals surface area contributed by atoms with Crippen molar-refractivity contribution in [3.05, 3.63) is 54.1 Å². The van der Waals surface area contributed by atoms with E-state index in [2.05, 4.69) is 16.3 Å². The summed E-state index contributed by atoms with van der Waals surface area (Å²) in [6, 6.07) is 15.6. The number of nitrogens with one attached hydrogen (secondary N) is 1. The van der Waals surface area contributed by atoms with Crippen molar-refractivity contribution in [3.63, 3.8) is 0 Å². The lowest BCUT2D eigenvalue weighted by atomic mass is 9.89. The predicted octanol–water partition coefficient (Wildman–Crippen LogP) is 2.86. The fourth-order valence-electron chi connectivity index (χ4n) is 4.02. The van der Waals surface area contributed by atoms with Crippen molar-refractivity contribution in [2.75, 3.05) is 43.0 Å². The standard InChI is InChI=1S/C22H25N3O3/c1-2-28-20-10-6-5-9-19(20)24-11-13-25(14-12-24)22(27)17-15-21(26)23-18-8-4-3-7-16(17)18/h3-10,17H,2,11-15H2,1H3,(H,23,26). The van der Waals surface area contributed by atoms with Crippen LogP contribution in [-0.2, 0) is 9.59 Å². The van der Waals surface area contributed by atoms with Gasteiger partial charge in [-0.05, 0) is 30.7 Å². The van der Waals surface area contributed by atoms with Crippen molar-refractivity contribution in [3.8, 4) is 5.75 Å². The Kier molecular flexibility index (Phi) is 5.19. The summed E-state index contributed by atoms with van der Waals surface area (Å²) < 4.78 is 5.74. The van der Waals surface area contributed by atoms with E-state index in [1.807, 2.05) is 54.3 Å². The van der Waals surface area contributed by atoms with E-state index in [-0.39, 0.29) is 18.2 Å². The largest absolute Gasteiger partial charge is 0.492 e.